The third-order valence-electron chi connectivity index (χ3n) is 5.76. The molecule has 1 atom stereocenters. The molecule has 1 amide bonds. The number of aliphatic hydroxyl groups excluding tert-OH is 1. The summed E-state index contributed by atoms with van der Waals surface area (Å²) < 4.78 is 18.8. The molecule has 2 aliphatic heterocycles. The van der Waals surface area contributed by atoms with Gasteiger partial charge in [0.05, 0.1) is 11.9 Å². The molecule has 1 fully saturated rings. The minimum absolute atomic E-state index is 0.00587. The van der Waals surface area contributed by atoms with E-state index >= 15 is 0 Å². The molecule has 1 aromatic carbocycles. The lowest BCUT2D eigenvalue weighted by atomic mass is 9.99. The molecule has 0 bridgehead atoms. The fourth-order valence-electron chi connectivity index (χ4n) is 4.20. The first-order valence-corrected chi connectivity index (χ1v) is 10.7. The number of aryl methyl sites for hydroxylation is 2. The first-order valence-electron chi connectivity index (χ1n) is 10.7. The van der Waals surface area contributed by atoms with Crippen molar-refractivity contribution in [3.63, 3.8) is 0 Å². The van der Waals surface area contributed by atoms with E-state index in [1.807, 2.05) is 10.8 Å². The Bertz CT molecular complexity index is 1230. The Morgan fingerprint density at radius 1 is 1.12 bits per heavy atom. The van der Waals surface area contributed by atoms with Gasteiger partial charge in [-0.05, 0) is 43.7 Å². The number of likely N-dealkylation sites (tertiary alicyclic amines) is 1. The monoisotopic (exact) mass is 449 g/mol. The minimum Gasteiger partial charge on any atom is -0.507 e. The Balaban J connectivity index is 1.51. The molecule has 0 spiro atoms. The number of carbonyl (C=O) groups is 2. The van der Waals surface area contributed by atoms with Crippen LogP contribution in [-0.2, 0) is 16.1 Å². The number of aromatic nitrogens is 2. The highest BCUT2D eigenvalue weighted by Gasteiger charge is 2.47. The predicted molar refractivity (Wildman–Crippen MR) is 117 cm³/mol. The van der Waals surface area contributed by atoms with E-state index in [1.165, 1.54) is 4.90 Å². The number of aliphatic hydroxyl groups is 1. The molecule has 3 aromatic rings. The number of ether oxygens (including phenoxy) is 2. The number of carbonyl (C=O) groups excluding carboxylic acids is 2. The Kier molecular flexibility index (Phi) is 5.37. The lowest BCUT2D eigenvalue weighted by Crippen LogP contribution is -2.31. The Morgan fingerprint density at radius 3 is 2.67 bits per heavy atom. The molecule has 170 valence electrons. The molecule has 9 nitrogen and oxygen atoms in total. The summed E-state index contributed by atoms with van der Waals surface area (Å²) in [6.45, 7) is 3.57. The van der Waals surface area contributed by atoms with Crippen LogP contribution in [0.2, 0.25) is 0 Å². The van der Waals surface area contributed by atoms with Gasteiger partial charge >= 0.3 is 0 Å². The van der Waals surface area contributed by atoms with Crippen molar-refractivity contribution in [2.75, 3.05) is 19.8 Å². The summed E-state index contributed by atoms with van der Waals surface area (Å²) in [6.07, 6.45) is 5.82. The van der Waals surface area contributed by atoms with E-state index < -0.39 is 17.7 Å². The number of Topliss-reactive ketones (excluding diaryl/α,β-unsaturated/α-hetero) is 1. The highest BCUT2D eigenvalue weighted by atomic mass is 16.6. The molecule has 4 heterocycles. The average molecular weight is 449 g/mol. The molecule has 1 unspecified atom stereocenters. The van der Waals surface area contributed by atoms with Crippen LogP contribution in [-0.4, -0.2) is 51.0 Å². The maximum absolute atomic E-state index is 13.1. The zero-order chi connectivity index (χ0) is 22.9. The van der Waals surface area contributed by atoms with Crippen LogP contribution in [0.25, 0.3) is 5.76 Å². The number of benzene rings is 1. The van der Waals surface area contributed by atoms with Gasteiger partial charge in [0.25, 0.3) is 11.7 Å². The van der Waals surface area contributed by atoms with Crippen molar-refractivity contribution in [3.05, 3.63) is 71.7 Å². The van der Waals surface area contributed by atoms with Crippen molar-refractivity contribution < 1.29 is 28.6 Å². The highest BCUT2D eigenvalue weighted by Crippen LogP contribution is 2.41. The SMILES string of the molecule is Cc1ccc(C2/C(=C(\O)c3ccc4c(c3)OCCO4)C(=O)C(=O)N2CCCn2ccnc2)o1. The van der Waals surface area contributed by atoms with E-state index in [9.17, 15) is 14.7 Å². The second-order valence-electron chi connectivity index (χ2n) is 7.95. The van der Waals surface area contributed by atoms with Crippen LogP contribution in [0.15, 0.2) is 59.0 Å². The van der Waals surface area contributed by atoms with E-state index in [4.69, 9.17) is 13.9 Å². The number of fused-ring (bicyclic) bond motifs is 1. The van der Waals surface area contributed by atoms with Crippen molar-refractivity contribution in [1.82, 2.24) is 14.5 Å². The minimum atomic E-state index is -0.824. The molecule has 33 heavy (non-hydrogen) atoms. The smallest absolute Gasteiger partial charge is 0.295 e. The standard InChI is InChI=1S/C24H23N3O6/c1-15-3-5-18(33-15)21-20(22(28)16-4-6-17-19(13-16)32-12-11-31-17)23(29)24(30)27(21)9-2-8-26-10-7-25-14-26/h3-7,10,13-14,21,28H,2,8-9,11-12H2,1H3/b22-20+. The zero-order valence-corrected chi connectivity index (χ0v) is 18.1. The van der Waals surface area contributed by atoms with E-state index in [1.54, 1.807) is 49.8 Å². The number of hydrogen-bond acceptors (Lipinski definition) is 7. The van der Waals surface area contributed by atoms with E-state index in [-0.39, 0.29) is 11.3 Å². The molecular weight excluding hydrogens is 426 g/mol. The molecule has 5 rings (SSSR count). The Hall–Kier alpha value is -4.01. The van der Waals surface area contributed by atoms with Gasteiger partial charge in [-0.2, -0.15) is 0 Å². The van der Waals surface area contributed by atoms with Gasteiger partial charge in [-0.15, -0.1) is 0 Å². The first kappa shape index (κ1) is 20.9. The van der Waals surface area contributed by atoms with Crippen LogP contribution < -0.4 is 9.47 Å². The summed E-state index contributed by atoms with van der Waals surface area (Å²) in [4.78, 5) is 31.5. The quantitative estimate of drug-likeness (QED) is 0.350. The fourth-order valence-corrected chi connectivity index (χ4v) is 4.20. The van der Waals surface area contributed by atoms with E-state index in [0.717, 1.165) is 0 Å². The Labute approximate surface area is 189 Å². The van der Waals surface area contributed by atoms with Gasteiger partial charge in [-0.1, -0.05) is 0 Å². The summed E-state index contributed by atoms with van der Waals surface area (Å²) >= 11 is 0. The fraction of sp³-hybridized carbons (Fsp3) is 0.292. The summed E-state index contributed by atoms with van der Waals surface area (Å²) in [7, 11) is 0. The van der Waals surface area contributed by atoms with Crippen LogP contribution in [0.1, 0.15) is 29.5 Å². The maximum Gasteiger partial charge on any atom is 0.295 e. The number of hydrogen-bond donors (Lipinski definition) is 1. The highest BCUT2D eigenvalue weighted by molar-refractivity contribution is 6.46. The van der Waals surface area contributed by atoms with Gasteiger partial charge in [-0.25, -0.2) is 4.98 Å². The molecule has 1 N–H and O–H groups in total. The molecule has 2 aliphatic rings. The normalized spacial score (nSPS) is 19.3. The van der Waals surface area contributed by atoms with E-state index in [2.05, 4.69) is 4.98 Å². The topological polar surface area (TPSA) is 107 Å². The Morgan fingerprint density at radius 2 is 1.94 bits per heavy atom. The second-order valence-corrected chi connectivity index (χ2v) is 7.95. The van der Waals surface area contributed by atoms with Crippen LogP contribution in [0.5, 0.6) is 11.5 Å². The molecule has 0 aliphatic carbocycles. The number of imidazole rings is 1. The molecule has 0 radical (unpaired) electrons. The molecule has 0 saturated carbocycles. The predicted octanol–water partition coefficient (Wildman–Crippen LogP) is 3.07. The van der Waals surface area contributed by atoms with Gasteiger partial charge in [0.15, 0.2) is 11.5 Å². The summed E-state index contributed by atoms with van der Waals surface area (Å²) in [5.74, 6) is 0.423. The third-order valence-corrected chi connectivity index (χ3v) is 5.76. The molecular formula is C24H23N3O6. The molecule has 1 saturated heterocycles. The van der Waals surface area contributed by atoms with Gasteiger partial charge in [0.2, 0.25) is 0 Å². The lowest BCUT2D eigenvalue weighted by Gasteiger charge is -2.23. The van der Waals surface area contributed by atoms with Gasteiger partial charge in [0.1, 0.15) is 36.5 Å². The number of rotatable bonds is 6. The molecule has 9 heteroatoms. The van der Waals surface area contributed by atoms with Crippen LogP contribution in [0.3, 0.4) is 0 Å². The second kappa shape index (κ2) is 8.50. The summed E-state index contributed by atoms with van der Waals surface area (Å²) in [5.41, 5.74) is 0.359. The third kappa shape index (κ3) is 3.86. The maximum atomic E-state index is 13.1. The number of nitrogens with zero attached hydrogens (tertiary/aromatic N) is 3. The van der Waals surface area contributed by atoms with Gasteiger partial charge < -0.3 is 28.5 Å². The number of amides is 1. The van der Waals surface area contributed by atoms with Crippen molar-refractivity contribution in [3.8, 4) is 11.5 Å². The molecule has 2 aromatic heterocycles. The number of ketones is 1. The lowest BCUT2D eigenvalue weighted by molar-refractivity contribution is -0.140. The van der Waals surface area contributed by atoms with Crippen molar-refractivity contribution in [2.24, 2.45) is 0 Å². The zero-order valence-electron chi connectivity index (χ0n) is 18.1. The summed E-state index contributed by atoms with van der Waals surface area (Å²) in [6, 6.07) is 7.60. The van der Waals surface area contributed by atoms with Gasteiger partial charge in [0, 0.05) is 31.0 Å². The van der Waals surface area contributed by atoms with Crippen LogP contribution in [0, 0.1) is 6.92 Å². The average Bonchev–Trinajstić information content (AvgIpc) is 3.55. The van der Waals surface area contributed by atoms with Crippen LogP contribution >= 0.6 is 0 Å². The first-order chi connectivity index (χ1) is 16.0. The van der Waals surface area contributed by atoms with Crippen molar-refractivity contribution in [1.29, 1.82) is 0 Å². The van der Waals surface area contributed by atoms with Crippen molar-refractivity contribution >= 4 is 17.4 Å². The van der Waals surface area contributed by atoms with Crippen molar-refractivity contribution in [2.45, 2.75) is 25.9 Å². The van der Waals surface area contributed by atoms with Gasteiger partial charge in [-0.3, -0.25) is 9.59 Å². The largest absolute Gasteiger partial charge is 0.507 e. The number of furan rings is 1. The van der Waals surface area contributed by atoms with E-state index in [0.29, 0.717) is 61.3 Å². The van der Waals surface area contributed by atoms with Crippen LogP contribution in [0.4, 0.5) is 0 Å². The summed E-state index contributed by atoms with van der Waals surface area (Å²) in [5, 5.41) is 11.2.